The van der Waals surface area contributed by atoms with E-state index in [1.165, 1.54) is 32.4 Å². The van der Waals surface area contributed by atoms with E-state index in [0.29, 0.717) is 0 Å². The van der Waals surface area contributed by atoms with E-state index in [9.17, 15) is 0 Å². The molecule has 0 saturated carbocycles. The van der Waals surface area contributed by atoms with Gasteiger partial charge in [0.05, 0.1) is 6.26 Å². The van der Waals surface area contributed by atoms with E-state index in [1.54, 1.807) is 6.26 Å². The van der Waals surface area contributed by atoms with Gasteiger partial charge in [-0.3, -0.25) is 4.90 Å². The maximum atomic E-state index is 5.49. The number of nitrogens with zero attached hydrogens (tertiary/aromatic N) is 1. The number of benzene rings is 1. The Hall–Kier alpha value is -1.28. The second-order valence-electron chi connectivity index (χ2n) is 4.16. The Bertz CT molecular complexity index is 315. The van der Waals surface area contributed by atoms with Crippen molar-refractivity contribution in [1.82, 2.24) is 4.90 Å². The third-order valence-corrected chi connectivity index (χ3v) is 2.86. The van der Waals surface area contributed by atoms with Gasteiger partial charge in [-0.15, -0.1) is 0 Å². The zero-order valence-electron chi connectivity index (χ0n) is 9.64. The van der Waals surface area contributed by atoms with E-state index in [4.69, 9.17) is 4.74 Å². The van der Waals surface area contributed by atoms with Crippen LogP contribution in [0.4, 0.5) is 0 Å². The van der Waals surface area contributed by atoms with Gasteiger partial charge in [-0.05, 0) is 44.1 Å². The van der Waals surface area contributed by atoms with Gasteiger partial charge < -0.3 is 4.74 Å². The van der Waals surface area contributed by atoms with Crippen LogP contribution in [0.5, 0.6) is 5.75 Å². The lowest BCUT2D eigenvalue weighted by Crippen LogP contribution is -2.29. The number of ether oxygens (including phenoxy) is 1. The highest BCUT2D eigenvalue weighted by Gasteiger charge is 2.07. The second-order valence-corrected chi connectivity index (χ2v) is 4.16. The summed E-state index contributed by atoms with van der Waals surface area (Å²) in [5.41, 5.74) is 0. The molecule has 16 heavy (non-hydrogen) atoms. The first-order valence-corrected chi connectivity index (χ1v) is 6.04. The summed E-state index contributed by atoms with van der Waals surface area (Å²) < 4.78 is 5.49. The monoisotopic (exact) mass is 217 g/mol. The third kappa shape index (κ3) is 3.70. The maximum absolute atomic E-state index is 5.49. The first-order valence-electron chi connectivity index (χ1n) is 6.04. The highest BCUT2D eigenvalue weighted by molar-refractivity contribution is 5.21. The summed E-state index contributed by atoms with van der Waals surface area (Å²) in [6.07, 6.45) is 7.96. The van der Waals surface area contributed by atoms with E-state index in [-0.39, 0.29) is 0 Å². The maximum Gasteiger partial charge on any atom is 0.126 e. The summed E-state index contributed by atoms with van der Waals surface area (Å²) >= 11 is 0. The van der Waals surface area contributed by atoms with Gasteiger partial charge in [0.1, 0.15) is 5.75 Å². The van der Waals surface area contributed by atoms with Crippen LogP contribution in [-0.2, 0) is 0 Å². The molecule has 0 bridgehead atoms. The second kappa shape index (κ2) is 6.33. The Morgan fingerprint density at radius 2 is 1.81 bits per heavy atom. The zero-order valence-corrected chi connectivity index (χ0v) is 9.64. The van der Waals surface area contributed by atoms with Crippen molar-refractivity contribution in [2.24, 2.45) is 0 Å². The lowest BCUT2D eigenvalue weighted by Gasteiger charge is -2.24. The fraction of sp³-hybridized carbons (Fsp3) is 0.429. The van der Waals surface area contributed by atoms with Crippen LogP contribution in [0.1, 0.15) is 19.3 Å². The van der Waals surface area contributed by atoms with Crippen molar-refractivity contribution in [1.29, 1.82) is 0 Å². The van der Waals surface area contributed by atoms with Gasteiger partial charge in [0, 0.05) is 6.54 Å². The molecule has 1 aliphatic heterocycles. The van der Waals surface area contributed by atoms with Gasteiger partial charge in [0.2, 0.25) is 0 Å². The molecule has 0 aliphatic carbocycles. The molecular weight excluding hydrogens is 198 g/mol. The molecule has 86 valence electrons. The van der Waals surface area contributed by atoms with Crippen LogP contribution in [0, 0.1) is 0 Å². The van der Waals surface area contributed by atoms with Crippen molar-refractivity contribution in [3.63, 3.8) is 0 Å². The Balaban J connectivity index is 1.69. The number of para-hydroxylation sites is 1. The first kappa shape index (κ1) is 11.2. The van der Waals surface area contributed by atoms with Crippen molar-refractivity contribution in [3.8, 4) is 5.75 Å². The number of hydrogen-bond acceptors (Lipinski definition) is 2. The Morgan fingerprint density at radius 1 is 1.06 bits per heavy atom. The fourth-order valence-electron chi connectivity index (χ4n) is 1.96. The first-order chi connectivity index (χ1) is 7.95. The number of likely N-dealkylation sites (tertiary alicyclic amines) is 1. The minimum Gasteiger partial charge on any atom is -0.465 e. The van der Waals surface area contributed by atoms with E-state index >= 15 is 0 Å². The standard InChI is InChI=1S/C14H19NO/c1-3-8-14(9-4-1)16-13-7-12-15-10-5-2-6-11-15/h1,3-4,7-9,13H,2,5-6,10-12H2. The number of piperidine rings is 1. The van der Waals surface area contributed by atoms with Crippen LogP contribution in [0.2, 0.25) is 0 Å². The molecule has 1 fully saturated rings. The van der Waals surface area contributed by atoms with Gasteiger partial charge in [-0.2, -0.15) is 0 Å². The molecule has 0 amide bonds. The summed E-state index contributed by atoms with van der Waals surface area (Å²) in [5, 5.41) is 0. The molecule has 1 saturated heterocycles. The summed E-state index contributed by atoms with van der Waals surface area (Å²) in [6.45, 7) is 3.47. The summed E-state index contributed by atoms with van der Waals surface area (Å²) in [5.74, 6) is 0.900. The van der Waals surface area contributed by atoms with Gasteiger partial charge in [-0.25, -0.2) is 0 Å². The van der Waals surface area contributed by atoms with E-state index in [1.807, 2.05) is 30.3 Å². The topological polar surface area (TPSA) is 12.5 Å². The minimum absolute atomic E-state index is 0.900. The molecule has 2 nitrogen and oxygen atoms in total. The van der Waals surface area contributed by atoms with Crippen LogP contribution in [0.25, 0.3) is 0 Å². The molecule has 0 N–H and O–H groups in total. The zero-order chi connectivity index (χ0) is 11.1. The van der Waals surface area contributed by atoms with E-state index in [2.05, 4.69) is 11.0 Å². The van der Waals surface area contributed by atoms with Gasteiger partial charge >= 0.3 is 0 Å². The minimum atomic E-state index is 0.900. The molecule has 2 rings (SSSR count). The molecule has 0 atom stereocenters. The predicted octanol–water partition coefficient (Wildman–Crippen LogP) is 3.07. The van der Waals surface area contributed by atoms with Crippen molar-refractivity contribution >= 4 is 0 Å². The Morgan fingerprint density at radius 3 is 2.56 bits per heavy atom. The van der Waals surface area contributed by atoms with Crippen molar-refractivity contribution in [2.45, 2.75) is 19.3 Å². The molecule has 1 heterocycles. The number of rotatable bonds is 4. The van der Waals surface area contributed by atoms with Crippen LogP contribution in [-0.4, -0.2) is 24.5 Å². The summed E-state index contributed by atoms with van der Waals surface area (Å²) in [4.78, 5) is 2.47. The number of hydrogen-bond donors (Lipinski definition) is 0. The average Bonchev–Trinajstić information content (AvgIpc) is 2.37. The molecule has 0 radical (unpaired) electrons. The van der Waals surface area contributed by atoms with Crippen molar-refractivity contribution < 1.29 is 4.74 Å². The van der Waals surface area contributed by atoms with Gasteiger partial charge in [-0.1, -0.05) is 24.6 Å². The van der Waals surface area contributed by atoms with Gasteiger partial charge in [0.15, 0.2) is 0 Å². The summed E-state index contributed by atoms with van der Waals surface area (Å²) in [6, 6.07) is 9.88. The predicted molar refractivity (Wildman–Crippen MR) is 66.5 cm³/mol. The quantitative estimate of drug-likeness (QED) is 0.719. The van der Waals surface area contributed by atoms with Crippen molar-refractivity contribution in [3.05, 3.63) is 42.7 Å². The lowest BCUT2D eigenvalue weighted by atomic mass is 10.1. The molecule has 1 aromatic carbocycles. The molecule has 0 aromatic heterocycles. The SMILES string of the molecule is C(=COc1ccccc1)CN1CCCCC1. The average molecular weight is 217 g/mol. The summed E-state index contributed by atoms with van der Waals surface area (Å²) in [7, 11) is 0. The van der Waals surface area contributed by atoms with Crippen LogP contribution in [0.3, 0.4) is 0 Å². The van der Waals surface area contributed by atoms with Gasteiger partial charge in [0.25, 0.3) is 0 Å². The Kier molecular flexibility index (Phi) is 4.44. The normalized spacial score (nSPS) is 17.8. The lowest BCUT2D eigenvalue weighted by molar-refractivity contribution is 0.250. The molecular formula is C14H19NO. The fourth-order valence-corrected chi connectivity index (χ4v) is 1.96. The third-order valence-electron chi connectivity index (χ3n) is 2.86. The molecule has 2 heteroatoms. The molecule has 0 spiro atoms. The van der Waals surface area contributed by atoms with Crippen LogP contribution >= 0.6 is 0 Å². The molecule has 0 unspecified atom stereocenters. The van der Waals surface area contributed by atoms with E-state index in [0.717, 1.165) is 12.3 Å². The largest absolute Gasteiger partial charge is 0.465 e. The van der Waals surface area contributed by atoms with Crippen LogP contribution < -0.4 is 4.74 Å². The Labute approximate surface area is 97.5 Å². The smallest absolute Gasteiger partial charge is 0.126 e. The van der Waals surface area contributed by atoms with E-state index < -0.39 is 0 Å². The highest BCUT2D eigenvalue weighted by atomic mass is 16.5. The van der Waals surface area contributed by atoms with Crippen molar-refractivity contribution in [2.75, 3.05) is 19.6 Å². The van der Waals surface area contributed by atoms with Crippen LogP contribution in [0.15, 0.2) is 42.7 Å². The molecule has 1 aliphatic rings. The highest BCUT2D eigenvalue weighted by Crippen LogP contribution is 2.09. The molecule has 1 aromatic rings.